The average molecular weight is 246 g/mol. The quantitative estimate of drug-likeness (QED) is 0.438. The Balaban J connectivity index is 2.66. The zero-order valence-electron chi connectivity index (χ0n) is 9.43. The molecule has 1 rings (SSSR count). The SMILES string of the molecule is CCCOCCC(=O)c1ccc(F)c(F)c1F. The first-order valence-electron chi connectivity index (χ1n) is 5.32. The second-order valence-corrected chi connectivity index (χ2v) is 3.51. The van der Waals surface area contributed by atoms with Crippen molar-refractivity contribution in [3.8, 4) is 0 Å². The maximum absolute atomic E-state index is 13.2. The molecule has 0 aliphatic carbocycles. The van der Waals surface area contributed by atoms with Crippen molar-refractivity contribution in [3.05, 3.63) is 35.1 Å². The molecule has 94 valence electrons. The Morgan fingerprint density at radius 2 is 1.88 bits per heavy atom. The maximum atomic E-state index is 13.2. The van der Waals surface area contributed by atoms with E-state index in [2.05, 4.69) is 0 Å². The first-order chi connectivity index (χ1) is 8.07. The third kappa shape index (κ3) is 3.56. The molecule has 0 atom stereocenters. The number of ketones is 1. The summed E-state index contributed by atoms with van der Waals surface area (Å²) in [5.74, 6) is -4.96. The number of hydrogen-bond acceptors (Lipinski definition) is 2. The Kier molecular flexibility index (Phi) is 5.15. The van der Waals surface area contributed by atoms with E-state index in [9.17, 15) is 18.0 Å². The second-order valence-electron chi connectivity index (χ2n) is 3.51. The van der Waals surface area contributed by atoms with Gasteiger partial charge in [0, 0.05) is 13.0 Å². The van der Waals surface area contributed by atoms with Gasteiger partial charge in [-0.25, -0.2) is 13.2 Å². The van der Waals surface area contributed by atoms with E-state index in [4.69, 9.17) is 4.74 Å². The van der Waals surface area contributed by atoms with Gasteiger partial charge < -0.3 is 4.74 Å². The summed E-state index contributed by atoms with van der Waals surface area (Å²) in [6.45, 7) is 2.56. The van der Waals surface area contributed by atoms with Crippen LogP contribution in [0.3, 0.4) is 0 Å². The van der Waals surface area contributed by atoms with Crippen LogP contribution in [-0.4, -0.2) is 19.0 Å². The van der Waals surface area contributed by atoms with E-state index in [1.807, 2.05) is 6.92 Å². The average Bonchev–Trinajstić information content (AvgIpc) is 2.31. The molecular formula is C12H13F3O2. The van der Waals surface area contributed by atoms with Gasteiger partial charge in [-0.15, -0.1) is 0 Å². The van der Waals surface area contributed by atoms with E-state index in [1.54, 1.807) is 0 Å². The molecule has 0 bridgehead atoms. The summed E-state index contributed by atoms with van der Waals surface area (Å²) < 4.78 is 43.8. The molecular weight excluding hydrogens is 233 g/mol. The lowest BCUT2D eigenvalue weighted by molar-refractivity contribution is 0.0874. The summed E-state index contributed by atoms with van der Waals surface area (Å²) in [5.41, 5.74) is -0.441. The Morgan fingerprint density at radius 3 is 2.53 bits per heavy atom. The predicted octanol–water partition coefficient (Wildman–Crippen LogP) is 3.10. The fraction of sp³-hybridized carbons (Fsp3) is 0.417. The van der Waals surface area contributed by atoms with Gasteiger partial charge in [0.1, 0.15) is 0 Å². The highest BCUT2D eigenvalue weighted by Gasteiger charge is 2.18. The van der Waals surface area contributed by atoms with Crippen molar-refractivity contribution in [2.24, 2.45) is 0 Å². The molecule has 0 heterocycles. The van der Waals surface area contributed by atoms with Crippen LogP contribution in [0.15, 0.2) is 12.1 Å². The molecule has 5 heteroatoms. The van der Waals surface area contributed by atoms with Crippen molar-refractivity contribution < 1.29 is 22.7 Å². The summed E-state index contributed by atoms with van der Waals surface area (Å²) in [6.07, 6.45) is 0.760. The number of Topliss-reactive ketones (excluding diaryl/α,β-unsaturated/α-hetero) is 1. The van der Waals surface area contributed by atoms with Crippen LogP contribution in [0.5, 0.6) is 0 Å². The van der Waals surface area contributed by atoms with Crippen LogP contribution in [-0.2, 0) is 4.74 Å². The largest absolute Gasteiger partial charge is 0.381 e. The fourth-order valence-electron chi connectivity index (χ4n) is 1.29. The van der Waals surface area contributed by atoms with Gasteiger partial charge in [0.25, 0.3) is 0 Å². The normalized spacial score (nSPS) is 10.6. The Morgan fingerprint density at radius 1 is 1.18 bits per heavy atom. The third-order valence-electron chi connectivity index (χ3n) is 2.16. The Bertz CT molecular complexity index is 405. The Hall–Kier alpha value is -1.36. The maximum Gasteiger partial charge on any atom is 0.195 e. The molecule has 0 aliphatic heterocycles. The minimum atomic E-state index is -1.62. The van der Waals surface area contributed by atoms with Gasteiger partial charge in [0.2, 0.25) is 0 Å². The Labute approximate surface area is 97.4 Å². The van der Waals surface area contributed by atoms with Crippen molar-refractivity contribution in [3.63, 3.8) is 0 Å². The number of carbonyl (C=O) groups is 1. The van der Waals surface area contributed by atoms with E-state index >= 15 is 0 Å². The summed E-state index contributed by atoms with van der Waals surface area (Å²) in [5, 5.41) is 0. The number of rotatable bonds is 6. The van der Waals surface area contributed by atoms with E-state index in [0.29, 0.717) is 6.61 Å². The number of ether oxygens (including phenoxy) is 1. The highest BCUT2D eigenvalue weighted by atomic mass is 19.2. The molecule has 17 heavy (non-hydrogen) atoms. The summed E-state index contributed by atoms with van der Waals surface area (Å²) in [7, 11) is 0. The summed E-state index contributed by atoms with van der Waals surface area (Å²) in [4.78, 5) is 11.5. The van der Waals surface area contributed by atoms with Crippen LogP contribution >= 0.6 is 0 Å². The van der Waals surface area contributed by atoms with Crippen LogP contribution in [0.2, 0.25) is 0 Å². The molecule has 0 aromatic heterocycles. The van der Waals surface area contributed by atoms with Crippen LogP contribution in [0.1, 0.15) is 30.1 Å². The number of halogens is 3. The summed E-state index contributed by atoms with van der Waals surface area (Å²) in [6, 6.07) is 1.68. The lowest BCUT2D eigenvalue weighted by atomic mass is 10.1. The standard InChI is InChI=1S/C12H13F3O2/c1-2-6-17-7-5-10(16)8-3-4-9(13)12(15)11(8)14/h3-4H,2,5-7H2,1H3. The van der Waals surface area contributed by atoms with Gasteiger partial charge in [-0.1, -0.05) is 6.92 Å². The van der Waals surface area contributed by atoms with Crippen molar-refractivity contribution in [2.75, 3.05) is 13.2 Å². The van der Waals surface area contributed by atoms with Gasteiger partial charge in [0.15, 0.2) is 23.2 Å². The van der Waals surface area contributed by atoms with Gasteiger partial charge in [-0.3, -0.25) is 4.79 Å². The van der Waals surface area contributed by atoms with Gasteiger partial charge in [0.05, 0.1) is 12.2 Å². The highest BCUT2D eigenvalue weighted by Crippen LogP contribution is 2.16. The van der Waals surface area contributed by atoms with Crippen molar-refractivity contribution in [2.45, 2.75) is 19.8 Å². The second kappa shape index (κ2) is 6.39. The molecule has 0 N–H and O–H groups in total. The minimum Gasteiger partial charge on any atom is -0.381 e. The zero-order chi connectivity index (χ0) is 12.8. The van der Waals surface area contributed by atoms with E-state index in [-0.39, 0.29) is 13.0 Å². The molecule has 1 aromatic carbocycles. The smallest absolute Gasteiger partial charge is 0.195 e. The van der Waals surface area contributed by atoms with Gasteiger partial charge >= 0.3 is 0 Å². The number of carbonyl (C=O) groups excluding carboxylic acids is 1. The fourth-order valence-corrected chi connectivity index (χ4v) is 1.29. The topological polar surface area (TPSA) is 26.3 Å². The van der Waals surface area contributed by atoms with Gasteiger partial charge in [-0.2, -0.15) is 0 Å². The van der Waals surface area contributed by atoms with Crippen LogP contribution < -0.4 is 0 Å². The van der Waals surface area contributed by atoms with Crippen LogP contribution in [0.4, 0.5) is 13.2 Å². The van der Waals surface area contributed by atoms with E-state index in [0.717, 1.165) is 18.6 Å². The van der Waals surface area contributed by atoms with Crippen LogP contribution in [0.25, 0.3) is 0 Å². The third-order valence-corrected chi connectivity index (χ3v) is 2.16. The molecule has 2 nitrogen and oxygen atoms in total. The van der Waals surface area contributed by atoms with Crippen LogP contribution in [0, 0.1) is 17.5 Å². The first-order valence-corrected chi connectivity index (χ1v) is 5.32. The molecule has 0 saturated carbocycles. The number of benzene rings is 1. The van der Waals surface area contributed by atoms with E-state index < -0.39 is 28.8 Å². The monoisotopic (exact) mass is 246 g/mol. The lowest BCUT2D eigenvalue weighted by Crippen LogP contribution is -2.09. The molecule has 1 aromatic rings. The molecule has 0 unspecified atom stereocenters. The molecule has 0 fully saturated rings. The lowest BCUT2D eigenvalue weighted by Gasteiger charge is -2.04. The molecule has 0 radical (unpaired) electrons. The minimum absolute atomic E-state index is 0.0536. The van der Waals surface area contributed by atoms with Crippen molar-refractivity contribution >= 4 is 5.78 Å². The molecule has 0 aliphatic rings. The van der Waals surface area contributed by atoms with Crippen molar-refractivity contribution in [1.29, 1.82) is 0 Å². The molecule has 0 amide bonds. The first kappa shape index (κ1) is 13.7. The van der Waals surface area contributed by atoms with Crippen molar-refractivity contribution in [1.82, 2.24) is 0 Å². The molecule has 0 saturated heterocycles. The number of hydrogen-bond donors (Lipinski definition) is 0. The van der Waals surface area contributed by atoms with Gasteiger partial charge in [-0.05, 0) is 18.6 Å². The predicted molar refractivity (Wildman–Crippen MR) is 56.4 cm³/mol. The van der Waals surface area contributed by atoms with E-state index in [1.165, 1.54) is 0 Å². The summed E-state index contributed by atoms with van der Waals surface area (Å²) >= 11 is 0. The zero-order valence-corrected chi connectivity index (χ0v) is 9.43. The highest BCUT2D eigenvalue weighted by molar-refractivity contribution is 5.96. The molecule has 0 spiro atoms.